The Bertz CT molecular complexity index is 107. The Morgan fingerprint density at radius 1 is 1.36 bits per heavy atom. The van der Waals surface area contributed by atoms with Crippen LogP contribution in [0.2, 0.25) is 0 Å². The Labute approximate surface area is 70.9 Å². The maximum Gasteiger partial charge on any atom is 0.195 e. The first kappa shape index (κ1) is 13.7. The van der Waals surface area contributed by atoms with Crippen molar-refractivity contribution in [2.75, 3.05) is 0 Å². The Morgan fingerprint density at radius 2 is 1.73 bits per heavy atom. The highest BCUT2D eigenvalue weighted by Crippen LogP contribution is 2.08. The van der Waals surface area contributed by atoms with Crippen LogP contribution in [0.15, 0.2) is 0 Å². The zero-order valence-electron chi connectivity index (χ0n) is 6.14. The van der Waals surface area contributed by atoms with Gasteiger partial charge in [0.05, 0.1) is 6.10 Å². The highest BCUT2D eigenvalue weighted by Gasteiger charge is 2.30. The third-order valence-corrected chi connectivity index (χ3v) is 1.07. The fourth-order valence-electron chi connectivity index (χ4n) is 0.579. The van der Waals surface area contributed by atoms with Crippen LogP contribution < -0.4 is 5.73 Å². The van der Waals surface area contributed by atoms with E-state index in [4.69, 9.17) is 26.2 Å². The number of rotatable bonds is 3. The van der Waals surface area contributed by atoms with Crippen molar-refractivity contribution >= 4 is 12.4 Å². The Hall–Kier alpha value is 0.0900. The molecule has 0 heterocycles. The van der Waals surface area contributed by atoms with E-state index in [1.807, 2.05) is 0 Å². The number of nitrogens with two attached hydrogens (primary N) is 1. The summed E-state index contributed by atoms with van der Waals surface area (Å²) in [5, 5.41) is 34.4. The number of aliphatic hydroxyl groups excluding tert-OH is 2. The molecule has 70 valence electrons. The summed E-state index contributed by atoms with van der Waals surface area (Å²) in [6.07, 6.45) is -3.16. The fourth-order valence-corrected chi connectivity index (χ4v) is 0.579. The van der Waals surface area contributed by atoms with Crippen molar-refractivity contribution in [3.05, 3.63) is 0 Å². The molecule has 0 saturated carbocycles. The normalized spacial score (nSPS) is 18.8. The van der Waals surface area contributed by atoms with Crippen molar-refractivity contribution in [1.29, 1.82) is 0 Å². The van der Waals surface area contributed by atoms with E-state index in [0.717, 1.165) is 0 Å². The maximum atomic E-state index is 8.88. The second kappa shape index (κ2) is 4.87. The van der Waals surface area contributed by atoms with Crippen molar-refractivity contribution in [3.63, 3.8) is 0 Å². The summed E-state index contributed by atoms with van der Waals surface area (Å²) in [6.45, 7) is 1.39. The average molecular weight is 188 g/mol. The topological polar surface area (TPSA) is 107 Å². The molecule has 0 rings (SSSR count). The van der Waals surface area contributed by atoms with Crippen LogP contribution in [0.5, 0.6) is 0 Å². The third kappa shape index (κ3) is 5.37. The van der Waals surface area contributed by atoms with E-state index in [2.05, 4.69) is 0 Å². The molecule has 0 aliphatic carbocycles. The molecule has 0 amide bonds. The summed E-state index contributed by atoms with van der Waals surface area (Å²) in [4.78, 5) is 0. The maximum absolute atomic E-state index is 8.88. The van der Waals surface area contributed by atoms with Crippen molar-refractivity contribution < 1.29 is 20.4 Å². The molecule has 6 N–H and O–H groups in total. The zero-order chi connectivity index (χ0) is 8.36. The molecule has 5 nitrogen and oxygen atoms in total. The van der Waals surface area contributed by atoms with Crippen molar-refractivity contribution in [2.45, 2.75) is 31.5 Å². The van der Waals surface area contributed by atoms with Gasteiger partial charge in [0.25, 0.3) is 0 Å². The van der Waals surface area contributed by atoms with Crippen LogP contribution in [-0.4, -0.2) is 38.5 Å². The summed E-state index contributed by atoms with van der Waals surface area (Å²) >= 11 is 0. The first-order valence-corrected chi connectivity index (χ1v) is 2.91. The average Bonchev–Trinajstić information content (AvgIpc) is 1.60. The van der Waals surface area contributed by atoms with Gasteiger partial charge in [0.2, 0.25) is 0 Å². The van der Waals surface area contributed by atoms with Crippen LogP contribution in [-0.2, 0) is 0 Å². The number of aliphatic hydroxyl groups is 4. The molecule has 0 saturated heterocycles. The lowest BCUT2D eigenvalue weighted by molar-refractivity contribution is -0.192. The molecular weight excluding hydrogens is 174 g/mol. The van der Waals surface area contributed by atoms with E-state index >= 15 is 0 Å². The van der Waals surface area contributed by atoms with Gasteiger partial charge in [-0.2, -0.15) is 0 Å². The highest BCUT2D eigenvalue weighted by atomic mass is 35.5. The van der Waals surface area contributed by atoms with Gasteiger partial charge in [-0.05, 0) is 6.92 Å². The van der Waals surface area contributed by atoms with Gasteiger partial charge in [0.15, 0.2) is 12.0 Å². The summed E-state index contributed by atoms with van der Waals surface area (Å²) < 4.78 is 0. The second-order valence-electron chi connectivity index (χ2n) is 2.42. The van der Waals surface area contributed by atoms with Crippen molar-refractivity contribution in [3.8, 4) is 0 Å². The molecule has 11 heavy (non-hydrogen) atoms. The molecule has 2 atom stereocenters. The van der Waals surface area contributed by atoms with Gasteiger partial charge >= 0.3 is 0 Å². The van der Waals surface area contributed by atoms with E-state index in [-0.39, 0.29) is 18.8 Å². The molecule has 0 aromatic rings. The molecule has 6 heteroatoms. The minimum absolute atomic E-state index is 0. The van der Waals surface area contributed by atoms with Crippen LogP contribution in [0.1, 0.15) is 13.3 Å². The lowest BCUT2D eigenvalue weighted by atomic mass is 10.1. The molecule has 2 unspecified atom stereocenters. The third-order valence-electron chi connectivity index (χ3n) is 1.07. The van der Waals surface area contributed by atoms with Crippen LogP contribution in [0, 0.1) is 0 Å². The van der Waals surface area contributed by atoms with Crippen LogP contribution in [0.4, 0.5) is 0 Å². The molecule has 0 aromatic heterocycles. The van der Waals surface area contributed by atoms with Crippen LogP contribution in [0.3, 0.4) is 0 Å². The van der Waals surface area contributed by atoms with E-state index in [9.17, 15) is 0 Å². The van der Waals surface area contributed by atoms with Crippen molar-refractivity contribution in [1.82, 2.24) is 0 Å². The van der Waals surface area contributed by atoms with Gasteiger partial charge < -0.3 is 20.4 Å². The largest absolute Gasteiger partial charge is 0.393 e. The van der Waals surface area contributed by atoms with Crippen molar-refractivity contribution in [2.24, 2.45) is 5.73 Å². The molecule has 0 aliphatic heterocycles. The summed E-state index contributed by atoms with van der Waals surface area (Å²) in [5.74, 6) is 0. The minimum atomic E-state index is -2.12. The number of halogens is 1. The quantitative estimate of drug-likeness (QED) is 0.333. The standard InChI is InChI=1S/C5H13NO4.ClH/c1-3(7)2-5(6,10)4(8)9;/h3-4,7-10H,2,6H2,1H3;1H. The molecular formula is C5H14ClNO4. The van der Waals surface area contributed by atoms with Gasteiger partial charge in [-0.1, -0.05) is 0 Å². The summed E-state index contributed by atoms with van der Waals surface area (Å²) in [5.41, 5.74) is 2.84. The molecule has 0 aromatic carbocycles. The monoisotopic (exact) mass is 187 g/mol. The molecule has 0 radical (unpaired) electrons. The van der Waals surface area contributed by atoms with E-state index in [0.29, 0.717) is 0 Å². The van der Waals surface area contributed by atoms with Crippen LogP contribution in [0.25, 0.3) is 0 Å². The number of hydrogen-bond acceptors (Lipinski definition) is 5. The van der Waals surface area contributed by atoms with E-state index < -0.39 is 18.1 Å². The van der Waals surface area contributed by atoms with Gasteiger partial charge in [-0.15, -0.1) is 12.4 Å². The smallest absolute Gasteiger partial charge is 0.195 e. The molecule has 0 bridgehead atoms. The lowest BCUT2D eigenvalue weighted by Gasteiger charge is -2.25. The zero-order valence-corrected chi connectivity index (χ0v) is 6.95. The summed E-state index contributed by atoms with van der Waals surface area (Å²) in [6, 6.07) is 0. The lowest BCUT2D eigenvalue weighted by Crippen LogP contribution is -2.52. The van der Waals surface area contributed by atoms with Gasteiger partial charge in [0, 0.05) is 6.42 Å². The Morgan fingerprint density at radius 3 is 1.82 bits per heavy atom. The SMILES string of the molecule is CC(O)CC(N)(O)C(O)O.Cl. The fraction of sp³-hybridized carbons (Fsp3) is 1.00. The predicted molar refractivity (Wildman–Crippen MR) is 40.9 cm³/mol. The second-order valence-corrected chi connectivity index (χ2v) is 2.42. The van der Waals surface area contributed by atoms with E-state index in [1.165, 1.54) is 6.92 Å². The Balaban J connectivity index is 0. The molecule has 0 aliphatic rings. The van der Waals surface area contributed by atoms with Crippen LogP contribution >= 0.6 is 12.4 Å². The Kier molecular flexibility index (Phi) is 6.04. The number of hydrogen-bond donors (Lipinski definition) is 5. The first-order valence-electron chi connectivity index (χ1n) is 2.91. The first-order chi connectivity index (χ1) is 4.36. The van der Waals surface area contributed by atoms with Gasteiger partial charge in [0.1, 0.15) is 0 Å². The molecule has 0 spiro atoms. The minimum Gasteiger partial charge on any atom is -0.393 e. The predicted octanol–water partition coefficient (Wildman–Crippen LogP) is -1.86. The van der Waals surface area contributed by atoms with Gasteiger partial charge in [-0.25, -0.2) is 0 Å². The van der Waals surface area contributed by atoms with E-state index in [1.54, 1.807) is 0 Å². The summed E-state index contributed by atoms with van der Waals surface area (Å²) in [7, 11) is 0. The highest BCUT2D eigenvalue weighted by molar-refractivity contribution is 5.85. The molecule has 0 fully saturated rings. The van der Waals surface area contributed by atoms with Gasteiger partial charge in [-0.3, -0.25) is 5.73 Å².